The minimum Gasteiger partial charge on any atom is -0.481 e. The molecular formula is C21H39N7O8. The summed E-state index contributed by atoms with van der Waals surface area (Å²) in [5, 5.41) is 35.3. The Morgan fingerprint density at radius 3 is 1.92 bits per heavy atom. The fraction of sp³-hybridized carbons (Fsp3) is 0.714. The van der Waals surface area contributed by atoms with E-state index >= 15 is 0 Å². The highest BCUT2D eigenvalue weighted by Crippen LogP contribution is 2.08. The van der Waals surface area contributed by atoms with E-state index in [2.05, 4.69) is 20.9 Å². The minimum atomic E-state index is -1.52. The maximum Gasteiger partial charge on any atom is 0.326 e. The van der Waals surface area contributed by atoms with Crippen LogP contribution in [0.25, 0.3) is 0 Å². The molecule has 0 aromatic heterocycles. The number of hydrogen-bond acceptors (Lipinski definition) is 8. The number of amides is 3. The number of carbonyl (C=O) groups excluding carboxylic acids is 3. The minimum absolute atomic E-state index is 0.0723. The summed E-state index contributed by atoms with van der Waals surface area (Å²) in [4.78, 5) is 64.2. The van der Waals surface area contributed by atoms with E-state index in [1.54, 1.807) is 13.8 Å². The van der Waals surface area contributed by atoms with Crippen molar-refractivity contribution >= 4 is 35.6 Å². The fourth-order valence-electron chi connectivity index (χ4n) is 3.08. The number of aliphatic carboxylic acids is 2. The monoisotopic (exact) mass is 517 g/mol. The fourth-order valence-corrected chi connectivity index (χ4v) is 3.08. The van der Waals surface area contributed by atoms with Crippen LogP contribution in [-0.2, 0) is 24.0 Å². The molecule has 0 saturated heterocycles. The predicted octanol–water partition coefficient (Wildman–Crippen LogP) is -2.80. The molecule has 15 nitrogen and oxygen atoms in total. The van der Waals surface area contributed by atoms with E-state index in [4.69, 9.17) is 22.3 Å². The van der Waals surface area contributed by atoms with Crippen LogP contribution in [0.4, 0.5) is 0 Å². The van der Waals surface area contributed by atoms with Crippen LogP contribution in [-0.4, -0.2) is 87.8 Å². The molecule has 5 unspecified atom stereocenters. The van der Waals surface area contributed by atoms with Crippen molar-refractivity contribution in [3.63, 3.8) is 0 Å². The Balaban J connectivity index is 5.39. The zero-order valence-corrected chi connectivity index (χ0v) is 20.8. The molecule has 0 bridgehead atoms. The lowest BCUT2D eigenvalue weighted by Gasteiger charge is -2.26. The van der Waals surface area contributed by atoms with Crippen LogP contribution in [0, 0.1) is 5.92 Å². The van der Waals surface area contributed by atoms with Crippen molar-refractivity contribution in [3.05, 3.63) is 0 Å². The van der Waals surface area contributed by atoms with E-state index in [1.165, 1.54) is 6.92 Å². The Morgan fingerprint density at radius 1 is 0.861 bits per heavy atom. The Hall–Kier alpha value is -3.46. The number of carboxylic acid groups (broad SMARTS) is 2. The number of nitrogens with one attached hydrogen (secondary N) is 3. The number of hydrogen-bond donors (Lipinski definition) is 9. The molecule has 0 rings (SSSR count). The SMILES string of the molecule is CC(C)CC(NC(=O)C(CCC(=O)O)NC(=O)C(NC(=O)C(N)CCCN=C(N)N)C(C)O)C(=O)O. The highest BCUT2D eigenvalue weighted by atomic mass is 16.4. The Bertz CT molecular complexity index is 799. The second-order valence-corrected chi connectivity index (χ2v) is 8.80. The first-order valence-electron chi connectivity index (χ1n) is 11.5. The summed E-state index contributed by atoms with van der Waals surface area (Å²) in [6.45, 7) is 4.98. The van der Waals surface area contributed by atoms with Crippen LogP contribution in [0.3, 0.4) is 0 Å². The van der Waals surface area contributed by atoms with Crippen LogP contribution < -0.4 is 33.2 Å². The Kier molecular flexibility index (Phi) is 14.7. The van der Waals surface area contributed by atoms with Gasteiger partial charge in [0.1, 0.15) is 18.1 Å². The van der Waals surface area contributed by atoms with Gasteiger partial charge in [-0.25, -0.2) is 4.79 Å². The first kappa shape index (κ1) is 32.5. The van der Waals surface area contributed by atoms with Crippen molar-refractivity contribution in [3.8, 4) is 0 Å². The molecular weight excluding hydrogens is 478 g/mol. The summed E-state index contributed by atoms with van der Waals surface area (Å²) in [7, 11) is 0. The number of aliphatic hydroxyl groups excluding tert-OH is 1. The number of aliphatic imine (C=N–C) groups is 1. The third-order valence-corrected chi connectivity index (χ3v) is 4.97. The Labute approximate surface area is 209 Å². The number of nitrogens with zero attached hydrogens (tertiary/aromatic N) is 1. The highest BCUT2D eigenvalue weighted by Gasteiger charge is 2.32. The average Bonchev–Trinajstić information content (AvgIpc) is 2.75. The van der Waals surface area contributed by atoms with Gasteiger partial charge in [0.25, 0.3) is 0 Å². The molecule has 0 aromatic carbocycles. The van der Waals surface area contributed by atoms with Gasteiger partial charge < -0.3 is 48.5 Å². The normalized spacial score (nSPS) is 15.1. The average molecular weight is 518 g/mol. The summed E-state index contributed by atoms with van der Waals surface area (Å²) in [6, 6.07) is -5.26. The maximum atomic E-state index is 12.8. The number of rotatable bonds is 17. The summed E-state index contributed by atoms with van der Waals surface area (Å²) in [5.41, 5.74) is 16.3. The third kappa shape index (κ3) is 13.4. The van der Waals surface area contributed by atoms with Gasteiger partial charge in [0.05, 0.1) is 12.1 Å². The van der Waals surface area contributed by atoms with Crippen LogP contribution in [0.2, 0.25) is 0 Å². The molecule has 0 fully saturated rings. The lowest BCUT2D eigenvalue weighted by atomic mass is 10.0. The van der Waals surface area contributed by atoms with Gasteiger partial charge in [-0.1, -0.05) is 13.8 Å². The summed E-state index contributed by atoms with van der Waals surface area (Å²) in [5.74, 6) is -5.36. The van der Waals surface area contributed by atoms with Gasteiger partial charge >= 0.3 is 11.9 Å². The van der Waals surface area contributed by atoms with Gasteiger partial charge in [0.2, 0.25) is 17.7 Å². The first-order chi connectivity index (χ1) is 16.6. The number of guanidine groups is 1. The largest absolute Gasteiger partial charge is 0.481 e. The molecule has 0 heterocycles. The van der Waals surface area contributed by atoms with Crippen molar-refractivity contribution in [1.82, 2.24) is 16.0 Å². The van der Waals surface area contributed by atoms with E-state index in [-0.39, 0.29) is 37.7 Å². The Morgan fingerprint density at radius 2 is 1.44 bits per heavy atom. The second kappa shape index (κ2) is 16.3. The van der Waals surface area contributed by atoms with E-state index in [1.807, 2.05) is 0 Å². The molecule has 0 spiro atoms. The van der Waals surface area contributed by atoms with Gasteiger partial charge in [0, 0.05) is 13.0 Å². The predicted molar refractivity (Wildman–Crippen MR) is 129 cm³/mol. The van der Waals surface area contributed by atoms with Crippen molar-refractivity contribution in [1.29, 1.82) is 0 Å². The number of nitrogens with two attached hydrogens (primary N) is 3. The van der Waals surface area contributed by atoms with Gasteiger partial charge in [-0.05, 0) is 38.5 Å². The topological polar surface area (TPSA) is 273 Å². The van der Waals surface area contributed by atoms with Crippen molar-refractivity contribution in [2.75, 3.05) is 6.54 Å². The van der Waals surface area contributed by atoms with Gasteiger partial charge in [-0.2, -0.15) is 0 Å². The molecule has 0 aliphatic heterocycles. The zero-order valence-electron chi connectivity index (χ0n) is 20.8. The van der Waals surface area contributed by atoms with E-state index in [0.717, 1.165) is 0 Å². The van der Waals surface area contributed by atoms with Crippen molar-refractivity contribution in [2.24, 2.45) is 28.1 Å². The molecule has 206 valence electrons. The van der Waals surface area contributed by atoms with E-state index in [9.17, 15) is 34.2 Å². The van der Waals surface area contributed by atoms with Gasteiger partial charge in [0.15, 0.2) is 5.96 Å². The summed E-state index contributed by atoms with van der Waals surface area (Å²) in [6.07, 6.45) is -1.62. The van der Waals surface area contributed by atoms with Crippen LogP contribution in [0.5, 0.6) is 0 Å². The molecule has 0 aromatic rings. The number of aliphatic hydroxyl groups is 1. The van der Waals surface area contributed by atoms with Gasteiger partial charge in [-0.15, -0.1) is 0 Å². The summed E-state index contributed by atoms with van der Waals surface area (Å²) >= 11 is 0. The van der Waals surface area contributed by atoms with E-state index < -0.39 is 66.4 Å². The van der Waals surface area contributed by atoms with Crippen LogP contribution >= 0.6 is 0 Å². The number of carbonyl (C=O) groups is 5. The molecule has 36 heavy (non-hydrogen) atoms. The van der Waals surface area contributed by atoms with Crippen molar-refractivity contribution in [2.45, 2.75) is 83.1 Å². The molecule has 0 saturated carbocycles. The molecule has 0 aliphatic carbocycles. The molecule has 15 heteroatoms. The number of carboxylic acids is 2. The summed E-state index contributed by atoms with van der Waals surface area (Å²) < 4.78 is 0. The molecule has 12 N–H and O–H groups in total. The highest BCUT2D eigenvalue weighted by molar-refractivity contribution is 5.94. The van der Waals surface area contributed by atoms with E-state index in [0.29, 0.717) is 6.42 Å². The molecule has 0 radical (unpaired) electrons. The lowest BCUT2D eigenvalue weighted by molar-refractivity contribution is -0.143. The molecule has 0 aliphatic rings. The maximum absolute atomic E-state index is 12.8. The van der Waals surface area contributed by atoms with Crippen molar-refractivity contribution < 1.29 is 39.3 Å². The van der Waals surface area contributed by atoms with Crippen LogP contribution in [0.1, 0.15) is 52.9 Å². The molecule has 3 amide bonds. The molecule has 5 atom stereocenters. The third-order valence-electron chi connectivity index (χ3n) is 4.97. The standard InChI is InChI=1S/C21H39N7O8/c1-10(2)9-14(20(35)36)27-18(33)13(6-7-15(30)31)26-19(34)16(11(3)29)28-17(32)12(22)5-4-8-25-21(23)24/h10-14,16,29H,4-9,22H2,1-3H3,(H,26,34)(H,27,33)(H,28,32)(H,30,31)(H,35,36)(H4,23,24,25). The van der Waals surface area contributed by atoms with Crippen LogP contribution in [0.15, 0.2) is 4.99 Å². The van der Waals surface area contributed by atoms with Gasteiger partial charge in [-0.3, -0.25) is 24.2 Å². The first-order valence-corrected chi connectivity index (χ1v) is 11.5. The second-order valence-electron chi connectivity index (χ2n) is 8.80. The zero-order chi connectivity index (χ0) is 28.0. The quantitative estimate of drug-likeness (QED) is 0.0539. The lowest BCUT2D eigenvalue weighted by Crippen LogP contribution is -2.59. The smallest absolute Gasteiger partial charge is 0.326 e.